The summed E-state index contributed by atoms with van der Waals surface area (Å²) in [5.74, 6) is 0.393. The zero-order chi connectivity index (χ0) is 13.9. The van der Waals surface area contributed by atoms with Crippen LogP contribution in [-0.4, -0.2) is 37.3 Å². The second-order valence-corrected chi connectivity index (χ2v) is 6.46. The van der Waals surface area contributed by atoms with Crippen molar-refractivity contribution in [2.24, 2.45) is 11.7 Å². The molecule has 2 rings (SSSR count). The zero-order valence-electron chi connectivity index (χ0n) is 10.5. The van der Waals surface area contributed by atoms with Crippen LogP contribution >= 0.6 is 0 Å². The van der Waals surface area contributed by atoms with E-state index in [0.29, 0.717) is 31.1 Å². The van der Waals surface area contributed by atoms with Gasteiger partial charge in [-0.3, -0.25) is 0 Å². The van der Waals surface area contributed by atoms with Crippen molar-refractivity contribution >= 4 is 10.0 Å². The van der Waals surface area contributed by atoms with E-state index >= 15 is 0 Å². The highest BCUT2D eigenvalue weighted by atomic mass is 32.2. The Balaban J connectivity index is 2.21. The van der Waals surface area contributed by atoms with Gasteiger partial charge in [0.1, 0.15) is 0 Å². The fraction of sp³-hybridized carbons (Fsp3) is 0.500. The summed E-state index contributed by atoms with van der Waals surface area (Å²) in [7, 11) is -3.60. The second-order valence-electron chi connectivity index (χ2n) is 4.58. The summed E-state index contributed by atoms with van der Waals surface area (Å²) in [6, 6.07) is 4.71. The first-order chi connectivity index (χ1) is 9.07. The molecule has 1 aliphatic heterocycles. The highest BCUT2D eigenvalue weighted by molar-refractivity contribution is 7.89. The van der Waals surface area contributed by atoms with Crippen LogP contribution in [0.5, 0.6) is 0 Å². The lowest BCUT2D eigenvalue weighted by Crippen LogP contribution is -2.40. The summed E-state index contributed by atoms with van der Waals surface area (Å²) in [5.41, 5.74) is 5.89. The maximum atomic E-state index is 12.4. The molecule has 7 heteroatoms. The van der Waals surface area contributed by atoms with Crippen LogP contribution in [0.1, 0.15) is 18.4 Å². The molecule has 1 aliphatic rings. The fourth-order valence-electron chi connectivity index (χ4n) is 2.14. The van der Waals surface area contributed by atoms with Crippen LogP contribution in [0, 0.1) is 17.2 Å². The first-order valence-corrected chi connectivity index (χ1v) is 7.58. The first-order valence-electron chi connectivity index (χ1n) is 6.14. The summed E-state index contributed by atoms with van der Waals surface area (Å²) < 4.78 is 26.2. The summed E-state index contributed by atoms with van der Waals surface area (Å²) in [6.07, 6.45) is 2.89. The Morgan fingerprint density at radius 1 is 1.47 bits per heavy atom. The van der Waals surface area contributed by atoms with E-state index in [4.69, 9.17) is 11.0 Å². The average molecular weight is 280 g/mol. The van der Waals surface area contributed by atoms with E-state index in [-0.39, 0.29) is 5.03 Å². The molecule has 0 spiro atoms. The molecular weight excluding hydrogens is 264 g/mol. The zero-order valence-corrected chi connectivity index (χ0v) is 11.3. The van der Waals surface area contributed by atoms with E-state index in [2.05, 4.69) is 4.98 Å². The van der Waals surface area contributed by atoms with Crippen molar-refractivity contribution in [3.63, 3.8) is 0 Å². The Kier molecular flexibility index (Phi) is 4.14. The third-order valence-corrected chi connectivity index (χ3v) is 5.17. The van der Waals surface area contributed by atoms with E-state index in [0.717, 1.165) is 12.8 Å². The van der Waals surface area contributed by atoms with Crippen molar-refractivity contribution in [3.05, 3.63) is 23.9 Å². The maximum absolute atomic E-state index is 12.4. The van der Waals surface area contributed by atoms with Gasteiger partial charge in [-0.25, -0.2) is 13.4 Å². The molecular formula is C12H16N4O2S. The average Bonchev–Trinajstić information content (AvgIpc) is 2.47. The van der Waals surface area contributed by atoms with Crippen molar-refractivity contribution in [1.29, 1.82) is 5.26 Å². The van der Waals surface area contributed by atoms with Gasteiger partial charge in [0.15, 0.2) is 5.03 Å². The van der Waals surface area contributed by atoms with Crippen LogP contribution in [0.25, 0.3) is 0 Å². The lowest BCUT2D eigenvalue weighted by atomic mass is 9.99. The van der Waals surface area contributed by atoms with E-state index in [1.807, 2.05) is 6.07 Å². The molecule has 0 saturated carbocycles. The van der Waals surface area contributed by atoms with Gasteiger partial charge in [-0.1, -0.05) is 0 Å². The minimum atomic E-state index is -3.60. The van der Waals surface area contributed by atoms with Crippen molar-refractivity contribution in [2.75, 3.05) is 19.6 Å². The summed E-state index contributed by atoms with van der Waals surface area (Å²) in [5, 5.41) is 8.75. The summed E-state index contributed by atoms with van der Waals surface area (Å²) >= 11 is 0. The fourth-order valence-corrected chi connectivity index (χ4v) is 3.56. The Morgan fingerprint density at radius 2 is 2.16 bits per heavy atom. The van der Waals surface area contributed by atoms with E-state index in [1.54, 1.807) is 0 Å². The number of hydrogen-bond acceptors (Lipinski definition) is 5. The third-order valence-electron chi connectivity index (χ3n) is 3.37. The van der Waals surface area contributed by atoms with Gasteiger partial charge in [0.05, 0.1) is 11.6 Å². The van der Waals surface area contributed by atoms with Gasteiger partial charge in [0.2, 0.25) is 0 Å². The second kappa shape index (κ2) is 5.65. The number of aromatic nitrogens is 1. The minimum Gasteiger partial charge on any atom is -0.330 e. The number of nitrogens with zero attached hydrogens (tertiary/aromatic N) is 3. The van der Waals surface area contributed by atoms with Gasteiger partial charge < -0.3 is 5.73 Å². The molecule has 0 aliphatic carbocycles. The molecule has 0 unspecified atom stereocenters. The van der Waals surface area contributed by atoms with Gasteiger partial charge >= 0.3 is 0 Å². The number of rotatable bonds is 3. The van der Waals surface area contributed by atoms with Crippen molar-refractivity contribution < 1.29 is 8.42 Å². The highest BCUT2D eigenvalue weighted by Crippen LogP contribution is 2.22. The lowest BCUT2D eigenvalue weighted by Gasteiger charge is -2.30. The molecule has 19 heavy (non-hydrogen) atoms. The molecule has 102 valence electrons. The smallest absolute Gasteiger partial charge is 0.260 e. The third kappa shape index (κ3) is 2.92. The lowest BCUT2D eigenvalue weighted by molar-refractivity contribution is 0.278. The number of nitriles is 1. The molecule has 0 bridgehead atoms. The van der Waals surface area contributed by atoms with Crippen LogP contribution in [0.3, 0.4) is 0 Å². The SMILES string of the molecule is N#Cc1ccnc(S(=O)(=O)N2CCC(CN)CC2)c1. The quantitative estimate of drug-likeness (QED) is 0.859. The van der Waals surface area contributed by atoms with Crippen LogP contribution < -0.4 is 5.73 Å². The molecule has 0 amide bonds. The standard InChI is InChI=1S/C12H16N4O2S/c13-8-10-2-5-16(6-3-10)19(17,18)12-7-11(9-14)1-4-15-12/h1,4,7,10H,2-3,5-6,8,13H2. The number of sulfonamides is 1. The minimum absolute atomic E-state index is 0.0576. The monoisotopic (exact) mass is 280 g/mol. The van der Waals surface area contributed by atoms with Gasteiger partial charge in [-0.2, -0.15) is 9.57 Å². The van der Waals surface area contributed by atoms with Crippen molar-refractivity contribution in [1.82, 2.24) is 9.29 Å². The maximum Gasteiger partial charge on any atom is 0.260 e. The van der Waals surface area contributed by atoms with Crippen LogP contribution in [0.4, 0.5) is 0 Å². The largest absolute Gasteiger partial charge is 0.330 e. The van der Waals surface area contributed by atoms with Gasteiger partial charge in [-0.15, -0.1) is 0 Å². The van der Waals surface area contributed by atoms with Gasteiger partial charge in [0, 0.05) is 19.3 Å². The molecule has 1 aromatic heterocycles. The molecule has 1 saturated heterocycles. The predicted octanol–water partition coefficient (Wildman–Crippen LogP) is 0.313. The molecule has 2 N–H and O–H groups in total. The number of hydrogen-bond donors (Lipinski definition) is 1. The van der Waals surface area contributed by atoms with Gasteiger partial charge in [0.25, 0.3) is 10.0 Å². The predicted molar refractivity (Wildman–Crippen MR) is 69.5 cm³/mol. The molecule has 0 atom stereocenters. The van der Waals surface area contributed by atoms with Crippen LogP contribution in [0.2, 0.25) is 0 Å². The summed E-state index contributed by atoms with van der Waals surface area (Å²) in [4.78, 5) is 3.87. The molecule has 1 aromatic rings. The highest BCUT2D eigenvalue weighted by Gasteiger charge is 2.29. The van der Waals surface area contributed by atoms with Crippen molar-refractivity contribution in [2.45, 2.75) is 17.9 Å². The topological polar surface area (TPSA) is 100 Å². The van der Waals surface area contributed by atoms with E-state index in [9.17, 15) is 8.42 Å². The number of nitrogens with two attached hydrogens (primary N) is 1. The molecule has 6 nitrogen and oxygen atoms in total. The Bertz CT molecular complexity index is 586. The van der Waals surface area contributed by atoms with Gasteiger partial charge in [-0.05, 0) is 37.4 Å². The van der Waals surface area contributed by atoms with E-state index in [1.165, 1.54) is 22.6 Å². The van der Waals surface area contributed by atoms with E-state index < -0.39 is 10.0 Å². The number of pyridine rings is 1. The molecule has 0 aromatic carbocycles. The van der Waals surface area contributed by atoms with Crippen LogP contribution in [-0.2, 0) is 10.0 Å². The Labute approximate surface area is 112 Å². The van der Waals surface area contributed by atoms with Crippen molar-refractivity contribution in [3.8, 4) is 6.07 Å². The summed E-state index contributed by atoms with van der Waals surface area (Å²) in [6.45, 7) is 1.52. The molecule has 2 heterocycles. The molecule has 0 radical (unpaired) electrons. The number of piperidine rings is 1. The van der Waals surface area contributed by atoms with Crippen LogP contribution in [0.15, 0.2) is 23.4 Å². The Hall–Kier alpha value is -1.49. The Morgan fingerprint density at radius 3 is 2.74 bits per heavy atom. The first kappa shape index (κ1) is 13.9. The molecule has 1 fully saturated rings. The normalized spacial score (nSPS) is 18.1.